The van der Waals surface area contributed by atoms with Gasteiger partial charge in [-0.2, -0.15) is 0 Å². The Bertz CT molecular complexity index is 549. The van der Waals surface area contributed by atoms with Crippen LogP contribution in [0.25, 0.3) is 0 Å². The summed E-state index contributed by atoms with van der Waals surface area (Å²) in [6.45, 7) is 4.68. The van der Waals surface area contributed by atoms with Crippen LogP contribution in [-0.4, -0.2) is 53.6 Å². The largest absolute Gasteiger partial charge is 0.370 e. The number of carbonyl (C=O) groups excluding carboxylic acids is 2. The van der Waals surface area contributed by atoms with Crippen LogP contribution in [-0.2, 0) is 16.1 Å². The Morgan fingerprint density at radius 3 is 1.90 bits per heavy atom. The Kier molecular flexibility index (Phi) is 17.6. The van der Waals surface area contributed by atoms with Crippen molar-refractivity contribution in [3.8, 4) is 0 Å². The number of nitrogens with one attached hydrogen (secondary N) is 1. The van der Waals surface area contributed by atoms with Crippen molar-refractivity contribution < 1.29 is 9.59 Å². The van der Waals surface area contributed by atoms with E-state index in [0.29, 0.717) is 19.4 Å². The molecular weight excluding hydrogens is 390 g/mol. The van der Waals surface area contributed by atoms with Gasteiger partial charge in [-0.25, -0.2) is 9.97 Å². The molecule has 7 nitrogen and oxygen atoms in total. The minimum Gasteiger partial charge on any atom is -0.370 e. The molecule has 0 radical (unpaired) electrons. The van der Waals surface area contributed by atoms with E-state index in [1.54, 1.807) is 6.33 Å². The van der Waals surface area contributed by atoms with E-state index in [1.165, 1.54) is 38.5 Å². The van der Waals surface area contributed by atoms with Crippen LogP contribution >= 0.6 is 0 Å². The lowest BCUT2D eigenvalue weighted by Gasteiger charge is -2.22. The standard InChI is InChI=1S/C24H43N5O2/c25-21-23-20-24(28-22-27-23)26-14-13-17-29(15-9-5-1-3-7-11-18-30)16-10-6-2-4-8-12-19-31/h18-20,22H,1-17,21,25H2,(H,26,27,28). The van der Waals surface area contributed by atoms with Crippen molar-refractivity contribution in [2.75, 3.05) is 31.5 Å². The molecule has 0 amide bonds. The van der Waals surface area contributed by atoms with E-state index in [-0.39, 0.29) is 0 Å². The topological polar surface area (TPSA) is 101 Å². The number of aldehydes is 2. The fourth-order valence-corrected chi connectivity index (χ4v) is 3.65. The van der Waals surface area contributed by atoms with Gasteiger partial charge in [-0.15, -0.1) is 0 Å². The van der Waals surface area contributed by atoms with Crippen molar-refractivity contribution in [3.63, 3.8) is 0 Å². The maximum atomic E-state index is 10.4. The molecule has 0 aromatic carbocycles. The first-order valence-electron chi connectivity index (χ1n) is 12.1. The molecule has 1 heterocycles. The van der Waals surface area contributed by atoms with Crippen LogP contribution in [0.2, 0.25) is 0 Å². The number of carbonyl (C=O) groups is 2. The van der Waals surface area contributed by atoms with Crippen LogP contribution in [0.3, 0.4) is 0 Å². The number of anilines is 1. The molecule has 0 unspecified atom stereocenters. The zero-order valence-corrected chi connectivity index (χ0v) is 19.3. The molecule has 1 aromatic rings. The molecule has 0 bridgehead atoms. The van der Waals surface area contributed by atoms with Gasteiger partial charge in [0.15, 0.2) is 0 Å². The van der Waals surface area contributed by atoms with Gasteiger partial charge < -0.3 is 25.5 Å². The third-order valence-corrected chi connectivity index (χ3v) is 5.48. The molecule has 3 N–H and O–H groups in total. The average Bonchev–Trinajstić information content (AvgIpc) is 2.80. The van der Waals surface area contributed by atoms with Gasteiger partial charge in [0.05, 0.1) is 5.69 Å². The molecular formula is C24H43N5O2. The maximum Gasteiger partial charge on any atom is 0.129 e. The van der Waals surface area contributed by atoms with Crippen molar-refractivity contribution in [3.05, 3.63) is 18.1 Å². The summed E-state index contributed by atoms with van der Waals surface area (Å²) in [6.07, 6.45) is 17.8. The molecule has 0 aliphatic heterocycles. The molecule has 31 heavy (non-hydrogen) atoms. The molecule has 1 aromatic heterocycles. The van der Waals surface area contributed by atoms with Crippen LogP contribution in [0.5, 0.6) is 0 Å². The smallest absolute Gasteiger partial charge is 0.129 e. The van der Waals surface area contributed by atoms with Crippen LogP contribution in [0.4, 0.5) is 5.82 Å². The lowest BCUT2D eigenvalue weighted by molar-refractivity contribution is -0.108. The van der Waals surface area contributed by atoms with Gasteiger partial charge in [0.2, 0.25) is 0 Å². The van der Waals surface area contributed by atoms with E-state index in [0.717, 1.165) is 82.4 Å². The van der Waals surface area contributed by atoms with Crippen molar-refractivity contribution in [2.45, 2.75) is 90.0 Å². The van der Waals surface area contributed by atoms with Crippen molar-refractivity contribution >= 4 is 18.4 Å². The Morgan fingerprint density at radius 1 is 0.774 bits per heavy atom. The number of nitrogens with zero attached hydrogens (tertiary/aromatic N) is 3. The summed E-state index contributed by atoms with van der Waals surface area (Å²) in [7, 11) is 0. The summed E-state index contributed by atoms with van der Waals surface area (Å²) in [5.74, 6) is 0.840. The minimum atomic E-state index is 0.426. The summed E-state index contributed by atoms with van der Waals surface area (Å²) in [4.78, 5) is 31.7. The van der Waals surface area contributed by atoms with E-state index in [4.69, 9.17) is 5.73 Å². The number of hydrogen-bond donors (Lipinski definition) is 2. The van der Waals surface area contributed by atoms with Crippen molar-refractivity contribution in [1.82, 2.24) is 14.9 Å². The Hall–Kier alpha value is -1.86. The highest BCUT2D eigenvalue weighted by atomic mass is 16.1. The van der Waals surface area contributed by atoms with Crippen LogP contribution in [0, 0.1) is 0 Å². The molecule has 176 valence electrons. The zero-order valence-electron chi connectivity index (χ0n) is 19.3. The first-order chi connectivity index (χ1) is 15.3. The van der Waals surface area contributed by atoms with Gasteiger partial charge in [0.25, 0.3) is 0 Å². The maximum absolute atomic E-state index is 10.4. The highest BCUT2D eigenvalue weighted by Gasteiger charge is 2.05. The molecule has 1 rings (SSSR count). The van der Waals surface area contributed by atoms with Gasteiger partial charge in [0.1, 0.15) is 24.7 Å². The summed E-state index contributed by atoms with van der Waals surface area (Å²) < 4.78 is 0. The molecule has 0 fully saturated rings. The second-order valence-electron chi connectivity index (χ2n) is 8.17. The third-order valence-electron chi connectivity index (χ3n) is 5.48. The second kappa shape index (κ2) is 20.1. The molecule has 0 saturated carbocycles. The van der Waals surface area contributed by atoms with E-state index < -0.39 is 0 Å². The molecule has 0 aliphatic carbocycles. The third kappa shape index (κ3) is 15.6. The lowest BCUT2D eigenvalue weighted by Crippen LogP contribution is -2.28. The monoisotopic (exact) mass is 433 g/mol. The quantitative estimate of drug-likeness (QED) is 0.209. The van der Waals surface area contributed by atoms with Gasteiger partial charge in [0, 0.05) is 32.0 Å². The van der Waals surface area contributed by atoms with Crippen LogP contribution in [0.15, 0.2) is 12.4 Å². The first-order valence-corrected chi connectivity index (χ1v) is 12.1. The van der Waals surface area contributed by atoms with E-state index >= 15 is 0 Å². The Labute approximate surface area is 188 Å². The van der Waals surface area contributed by atoms with E-state index in [2.05, 4.69) is 20.2 Å². The second-order valence-corrected chi connectivity index (χ2v) is 8.17. The minimum absolute atomic E-state index is 0.426. The number of nitrogens with two attached hydrogens (primary N) is 1. The SMILES string of the molecule is NCc1cc(NCCCN(CCCCCCCC=O)CCCCCCCC=O)ncn1. The van der Waals surface area contributed by atoms with Crippen LogP contribution in [0.1, 0.15) is 89.2 Å². The molecule has 0 atom stereocenters. The normalized spacial score (nSPS) is 11.0. The number of aromatic nitrogens is 2. The fraction of sp³-hybridized carbons (Fsp3) is 0.750. The lowest BCUT2D eigenvalue weighted by atomic mass is 10.1. The number of unbranched alkanes of at least 4 members (excludes halogenated alkanes) is 10. The highest BCUT2D eigenvalue weighted by Crippen LogP contribution is 2.10. The summed E-state index contributed by atoms with van der Waals surface area (Å²) in [5, 5.41) is 3.38. The van der Waals surface area contributed by atoms with E-state index in [9.17, 15) is 9.59 Å². The molecule has 0 saturated heterocycles. The number of rotatable bonds is 22. The van der Waals surface area contributed by atoms with Crippen molar-refractivity contribution in [1.29, 1.82) is 0 Å². The highest BCUT2D eigenvalue weighted by molar-refractivity contribution is 5.49. The van der Waals surface area contributed by atoms with Crippen LogP contribution < -0.4 is 11.1 Å². The molecule has 0 spiro atoms. The molecule has 7 heteroatoms. The molecule has 0 aliphatic rings. The van der Waals surface area contributed by atoms with Gasteiger partial charge in [-0.3, -0.25) is 0 Å². The Morgan fingerprint density at radius 2 is 1.32 bits per heavy atom. The predicted molar refractivity (Wildman–Crippen MR) is 127 cm³/mol. The summed E-state index contributed by atoms with van der Waals surface area (Å²) in [6, 6.07) is 1.91. The average molecular weight is 434 g/mol. The first kappa shape index (κ1) is 27.2. The zero-order chi connectivity index (χ0) is 22.4. The predicted octanol–water partition coefficient (Wildman–Crippen LogP) is 4.12. The van der Waals surface area contributed by atoms with Gasteiger partial charge in [-0.05, 0) is 51.7 Å². The van der Waals surface area contributed by atoms with E-state index in [1.807, 2.05) is 6.07 Å². The van der Waals surface area contributed by atoms with Crippen molar-refractivity contribution in [2.24, 2.45) is 5.73 Å². The Balaban J connectivity index is 2.25. The number of hydrogen-bond acceptors (Lipinski definition) is 7. The summed E-state index contributed by atoms with van der Waals surface area (Å²) >= 11 is 0. The van der Waals surface area contributed by atoms with Gasteiger partial charge >= 0.3 is 0 Å². The summed E-state index contributed by atoms with van der Waals surface area (Å²) in [5.41, 5.74) is 6.49. The van der Waals surface area contributed by atoms with Gasteiger partial charge in [-0.1, -0.05) is 38.5 Å². The fourth-order valence-electron chi connectivity index (χ4n) is 3.65.